The summed E-state index contributed by atoms with van der Waals surface area (Å²) in [4.78, 5) is 10.9. The van der Waals surface area contributed by atoms with E-state index in [0.717, 1.165) is 0 Å². The third-order valence-corrected chi connectivity index (χ3v) is 2.32. The molecule has 0 saturated carbocycles. The van der Waals surface area contributed by atoms with Gasteiger partial charge in [0.15, 0.2) is 0 Å². The van der Waals surface area contributed by atoms with E-state index in [4.69, 9.17) is 15.1 Å². The summed E-state index contributed by atoms with van der Waals surface area (Å²) in [6.07, 6.45) is 0.998. The van der Waals surface area contributed by atoms with Crippen LogP contribution in [0.5, 0.6) is 0 Å². The number of hydrogen-bond acceptors (Lipinski definition) is 3. The van der Waals surface area contributed by atoms with Crippen molar-refractivity contribution in [3.63, 3.8) is 0 Å². The Balaban J connectivity index is 2.71. The lowest BCUT2D eigenvalue weighted by Crippen LogP contribution is -2.36. The van der Waals surface area contributed by atoms with Gasteiger partial charge in [0.2, 0.25) is 0 Å². The fourth-order valence-corrected chi connectivity index (χ4v) is 1.38. The molecule has 4 nitrogen and oxygen atoms in total. The van der Waals surface area contributed by atoms with E-state index in [1.165, 1.54) is 0 Å². The maximum Gasteiger partial charge on any atom is 0.310 e. The minimum absolute atomic E-state index is 0.0890. The van der Waals surface area contributed by atoms with Crippen LogP contribution >= 0.6 is 0 Å². The fourth-order valence-electron chi connectivity index (χ4n) is 1.38. The molecule has 0 aromatic rings. The van der Waals surface area contributed by atoms with Gasteiger partial charge in [0.05, 0.1) is 17.9 Å². The average Bonchev–Trinajstić information content (AvgIpc) is 2.06. The van der Waals surface area contributed by atoms with Crippen LogP contribution in [-0.4, -0.2) is 24.3 Å². The number of aliphatic carboxylic acids is 1. The first-order chi connectivity index (χ1) is 5.71. The molecule has 0 radical (unpaired) electrons. The maximum atomic E-state index is 10.9. The summed E-state index contributed by atoms with van der Waals surface area (Å²) in [5, 5.41) is 17.4. The molecule has 0 atom stereocenters. The van der Waals surface area contributed by atoms with Crippen LogP contribution < -0.4 is 0 Å². The van der Waals surface area contributed by atoms with E-state index in [0.29, 0.717) is 26.1 Å². The normalized spacial score (nSPS) is 21.2. The quantitative estimate of drug-likeness (QED) is 0.663. The van der Waals surface area contributed by atoms with Crippen LogP contribution in [0.15, 0.2) is 0 Å². The van der Waals surface area contributed by atoms with Crippen molar-refractivity contribution in [1.82, 2.24) is 0 Å². The minimum Gasteiger partial charge on any atom is -0.481 e. The molecular formula is C8H11NO3. The summed E-state index contributed by atoms with van der Waals surface area (Å²) in [7, 11) is 0. The summed E-state index contributed by atoms with van der Waals surface area (Å²) in [5.41, 5.74) is -0.840. The number of ether oxygens (including phenoxy) is 1. The van der Waals surface area contributed by atoms with Crippen molar-refractivity contribution in [3.8, 4) is 6.07 Å². The molecule has 0 unspecified atom stereocenters. The lowest BCUT2D eigenvalue weighted by atomic mass is 9.78. The van der Waals surface area contributed by atoms with Gasteiger partial charge in [-0.2, -0.15) is 5.26 Å². The average molecular weight is 169 g/mol. The lowest BCUT2D eigenvalue weighted by Gasteiger charge is -2.30. The molecule has 0 aromatic carbocycles. The molecule has 4 heteroatoms. The first-order valence-corrected chi connectivity index (χ1v) is 3.89. The molecule has 1 aliphatic heterocycles. The summed E-state index contributed by atoms with van der Waals surface area (Å²) >= 11 is 0. The molecule has 1 aliphatic rings. The molecule has 1 N–H and O–H groups in total. The Hall–Kier alpha value is -1.08. The van der Waals surface area contributed by atoms with Gasteiger partial charge < -0.3 is 9.84 Å². The zero-order chi connectivity index (χ0) is 9.03. The van der Waals surface area contributed by atoms with Crippen molar-refractivity contribution >= 4 is 5.97 Å². The molecule has 12 heavy (non-hydrogen) atoms. The van der Waals surface area contributed by atoms with E-state index in [9.17, 15) is 4.79 Å². The smallest absolute Gasteiger partial charge is 0.310 e. The number of nitriles is 1. The Morgan fingerprint density at radius 2 is 2.17 bits per heavy atom. The van der Waals surface area contributed by atoms with Gasteiger partial charge in [0, 0.05) is 13.2 Å². The third-order valence-electron chi connectivity index (χ3n) is 2.32. The number of nitrogens with zero attached hydrogens (tertiary/aromatic N) is 1. The standard InChI is InChI=1S/C8H11NO3/c9-4-1-8(7(10)11)2-5-12-6-3-8/h1-3,5-6H2,(H,10,11). The topological polar surface area (TPSA) is 70.3 Å². The molecule has 0 spiro atoms. The Labute approximate surface area is 70.7 Å². The van der Waals surface area contributed by atoms with Crippen molar-refractivity contribution in [2.45, 2.75) is 19.3 Å². The third kappa shape index (κ3) is 1.56. The summed E-state index contributed by atoms with van der Waals surface area (Å²) < 4.78 is 5.05. The van der Waals surface area contributed by atoms with E-state index in [-0.39, 0.29) is 6.42 Å². The molecule has 1 fully saturated rings. The monoisotopic (exact) mass is 169 g/mol. The lowest BCUT2D eigenvalue weighted by molar-refractivity contribution is -0.154. The van der Waals surface area contributed by atoms with Crippen molar-refractivity contribution in [2.24, 2.45) is 5.41 Å². The van der Waals surface area contributed by atoms with E-state index in [2.05, 4.69) is 0 Å². The Kier molecular flexibility index (Phi) is 2.66. The van der Waals surface area contributed by atoms with Crippen LogP contribution in [0.4, 0.5) is 0 Å². The second kappa shape index (κ2) is 3.55. The van der Waals surface area contributed by atoms with Gasteiger partial charge in [-0.3, -0.25) is 4.79 Å². The minimum atomic E-state index is -0.868. The van der Waals surface area contributed by atoms with Crippen LogP contribution in [0, 0.1) is 16.7 Å². The number of carboxylic acids is 1. The van der Waals surface area contributed by atoms with Gasteiger partial charge in [-0.1, -0.05) is 0 Å². The second-order valence-electron chi connectivity index (χ2n) is 3.03. The highest BCUT2D eigenvalue weighted by Gasteiger charge is 2.39. The summed E-state index contributed by atoms with van der Waals surface area (Å²) in [6.45, 7) is 0.905. The first-order valence-electron chi connectivity index (χ1n) is 3.89. The number of carboxylic acid groups (broad SMARTS) is 1. The zero-order valence-corrected chi connectivity index (χ0v) is 6.75. The van der Waals surface area contributed by atoms with Crippen LogP contribution in [0.1, 0.15) is 19.3 Å². The zero-order valence-electron chi connectivity index (χ0n) is 6.75. The van der Waals surface area contributed by atoms with E-state index in [1.54, 1.807) is 0 Å². The molecular weight excluding hydrogens is 158 g/mol. The summed E-state index contributed by atoms with van der Waals surface area (Å²) in [5.74, 6) is -0.868. The first kappa shape index (κ1) is 9.01. The van der Waals surface area contributed by atoms with Crippen molar-refractivity contribution < 1.29 is 14.6 Å². The highest BCUT2D eigenvalue weighted by atomic mass is 16.5. The highest BCUT2D eigenvalue weighted by molar-refractivity contribution is 5.75. The van der Waals surface area contributed by atoms with Gasteiger partial charge >= 0.3 is 5.97 Å². The van der Waals surface area contributed by atoms with Crippen molar-refractivity contribution in [3.05, 3.63) is 0 Å². The van der Waals surface area contributed by atoms with Crippen LogP contribution in [0.3, 0.4) is 0 Å². The molecule has 1 saturated heterocycles. The molecule has 0 amide bonds. The SMILES string of the molecule is N#CCC1(C(=O)O)CCOCC1. The van der Waals surface area contributed by atoms with Crippen molar-refractivity contribution in [2.75, 3.05) is 13.2 Å². The predicted molar refractivity (Wildman–Crippen MR) is 40.4 cm³/mol. The van der Waals surface area contributed by atoms with E-state index < -0.39 is 11.4 Å². The Bertz CT molecular complexity index is 213. The molecule has 0 aliphatic carbocycles. The van der Waals surface area contributed by atoms with Crippen LogP contribution in [0.25, 0.3) is 0 Å². The van der Waals surface area contributed by atoms with Crippen LogP contribution in [-0.2, 0) is 9.53 Å². The fraction of sp³-hybridized carbons (Fsp3) is 0.750. The van der Waals surface area contributed by atoms with Gasteiger partial charge in [-0.25, -0.2) is 0 Å². The molecule has 0 aromatic heterocycles. The van der Waals surface area contributed by atoms with Gasteiger partial charge in [-0.15, -0.1) is 0 Å². The van der Waals surface area contributed by atoms with E-state index in [1.807, 2.05) is 6.07 Å². The number of rotatable bonds is 2. The largest absolute Gasteiger partial charge is 0.481 e. The van der Waals surface area contributed by atoms with Gasteiger partial charge in [-0.05, 0) is 12.8 Å². The number of hydrogen-bond donors (Lipinski definition) is 1. The molecule has 1 heterocycles. The number of carbonyl (C=O) groups is 1. The Morgan fingerprint density at radius 3 is 2.58 bits per heavy atom. The second-order valence-corrected chi connectivity index (χ2v) is 3.03. The molecule has 66 valence electrons. The predicted octanol–water partition coefficient (Wildman–Crippen LogP) is 0.781. The molecule has 0 bridgehead atoms. The van der Waals surface area contributed by atoms with Gasteiger partial charge in [0.1, 0.15) is 0 Å². The van der Waals surface area contributed by atoms with Gasteiger partial charge in [0.25, 0.3) is 0 Å². The van der Waals surface area contributed by atoms with Crippen molar-refractivity contribution in [1.29, 1.82) is 5.26 Å². The summed E-state index contributed by atoms with van der Waals surface area (Å²) in [6, 6.07) is 1.92. The Morgan fingerprint density at radius 1 is 1.58 bits per heavy atom. The highest BCUT2D eigenvalue weighted by Crippen LogP contribution is 2.33. The van der Waals surface area contributed by atoms with E-state index >= 15 is 0 Å². The van der Waals surface area contributed by atoms with Crippen LogP contribution in [0.2, 0.25) is 0 Å². The molecule has 1 rings (SSSR count). The maximum absolute atomic E-state index is 10.9.